The molecule has 1 fully saturated rings. The molecule has 20 heavy (non-hydrogen) atoms. The minimum absolute atomic E-state index is 0.282. The minimum atomic E-state index is -4.06. The van der Waals surface area contributed by atoms with Crippen LogP contribution >= 0.6 is 23.2 Å². The number of halogens is 2. The Bertz CT molecular complexity index is 574. The summed E-state index contributed by atoms with van der Waals surface area (Å²) in [6.45, 7) is 1.39. The SMILES string of the molecule is CC1O[C@@H](COS(N)(=O)=O)[C@H](c2c(Cl)cccc2Cl)O1. The highest BCUT2D eigenvalue weighted by molar-refractivity contribution is 7.84. The number of rotatable bonds is 4. The summed E-state index contributed by atoms with van der Waals surface area (Å²) in [6.07, 6.45) is -1.85. The molecule has 0 spiro atoms. The molecule has 1 aliphatic heterocycles. The molecular formula is C11H13Cl2NO5S. The fourth-order valence-corrected chi connectivity index (χ4v) is 2.91. The van der Waals surface area contributed by atoms with Gasteiger partial charge in [-0.15, -0.1) is 0 Å². The van der Waals surface area contributed by atoms with Gasteiger partial charge in [-0.25, -0.2) is 5.14 Å². The van der Waals surface area contributed by atoms with Gasteiger partial charge in [0.2, 0.25) is 0 Å². The van der Waals surface area contributed by atoms with Gasteiger partial charge in [-0.1, -0.05) is 29.3 Å². The van der Waals surface area contributed by atoms with E-state index in [1.807, 2.05) is 0 Å². The van der Waals surface area contributed by atoms with Crippen LogP contribution in [0.2, 0.25) is 10.0 Å². The van der Waals surface area contributed by atoms with Crippen LogP contribution < -0.4 is 5.14 Å². The van der Waals surface area contributed by atoms with Crippen LogP contribution in [0.5, 0.6) is 0 Å². The molecule has 0 aliphatic carbocycles. The maximum atomic E-state index is 10.9. The lowest BCUT2D eigenvalue weighted by Crippen LogP contribution is -2.27. The summed E-state index contributed by atoms with van der Waals surface area (Å²) in [7, 11) is -4.06. The number of hydrogen-bond donors (Lipinski definition) is 1. The zero-order chi connectivity index (χ0) is 14.9. The van der Waals surface area contributed by atoms with E-state index in [0.29, 0.717) is 15.6 Å². The molecule has 1 heterocycles. The van der Waals surface area contributed by atoms with Gasteiger partial charge < -0.3 is 9.47 Å². The van der Waals surface area contributed by atoms with Crippen molar-refractivity contribution >= 4 is 33.5 Å². The summed E-state index contributed by atoms with van der Waals surface area (Å²) >= 11 is 12.2. The second-order valence-corrected chi connectivity index (χ2v) is 6.25. The van der Waals surface area contributed by atoms with Gasteiger partial charge in [0.25, 0.3) is 0 Å². The molecule has 1 aromatic carbocycles. The van der Waals surface area contributed by atoms with E-state index in [1.165, 1.54) is 0 Å². The summed E-state index contributed by atoms with van der Waals surface area (Å²) in [6, 6.07) is 5.02. The van der Waals surface area contributed by atoms with Crippen molar-refractivity contribution in [2.75, 3.05) is 6.61 Å². The quantitative estimate of drug-likeness (QED) is 0.904. The highest BCUT2D eigenvalue weighted by Crippen LogP contribution is 2.40. The number of hydrogen-bond acceptors (Lipinski definition) is 5. The standard InChI is InChI=1S/C11H13Cl2NO5S/c1-6-18-9(5-17-20(14,15)16)11(19-6)10-7(12)3-2-4-8(10)13/h2-4,6,9,11H,5H2,1H3,(H2,14,15,16)/t6?,9-,11+/m0/s1. The van der Waals surface area contributed by atoms with E-state index in [1.54, 1.807) is 25.1 Å². The summed E-state index contributed by atoms with van der Waals surface area (Å²) < 4.78 is 37.3. The van der Waals surface area contributed by atoms with Crippen LogP contribution in [0.15, 0.2) is 18.2 Å². The first-order valence-corrected chi connectivity index (χ1v) is 7.92. The van der Waals surface area contributed by atoms with Crippen LogP contribution in [0, 0.1) is 0 Å². The van der Waals surface area contributed by atoms with Crippen molar-refractivity contribution in [3.8, 4) is 0 Å². The average Bonchev–Trinajstić information content (AvgIpc) is 2.67. The largest absolute Gasteiger partial charge is 0.344 e. The Kier molecular flexibility index (Phi) is 4.91. The maximum absolute atomic E-state index is 10.9. The molecule has 0 bridgehead atoms. The van der Waals surface area contributed by atoms with Crippen LogP contribution in [0.4, 0.5) is 0 Å². The van der Waals surface area contributed by atoms with Crippen molar-refractivity contribution in [2.45, 2.75) is 25.4 Å². The van der Waals surface area contributed by atoms with Gasteiger partial charge in [0.05, 0.1) is 6.61 Å². The molecule has 1 unspecified atom stereocenters. The van der Waals surface area contributed by atoms with Gasteiger partial charge >= 0.3 is 10.3 Å². The van der Waals surface area contributed by atoms with Crippen molar-refractivity contribution in [3.63, 3.8) is 0 Å². The first-order valence-electron chi connectivity index (χ1n) is 5.70. The molecule has 1 saturated heterocycles. The maximum Gasteiger partial charge on any atom is 0.333 e. The lowest BCUT2D eigenvalue weighted by Gasteiger charge is -2.18. The topological polar surface area (TPSA) is 87.9 Å². The molecule has 9 heteroatoms. The molecule has 2 N–H and O–H groups in total. The van der Waals surface area contributed by atoms with Crippen LogP contribution in [-0.4, -0.2) is 27.4 Å². The zero-order valence-corrected chi connectivity index (χ0v) is 12.8. The molecule has 1 aromatic rings. The van der Waals surface area contributed by atoms with Gasteiger partial charge in [0.15, 0.2) is 6.29 Å². The fourth-order valence-electron chi connectivity index (χ4n) is 1.97. The molecule has 0 amide bonds. The van der Waals surface area contributed by atoms with Crippen LogP contribution in [0.3, 0.4) is 0 Å². The van der Waals surface area contributed by atoms with Gasteiger partial charge in [0, 0.05) is 15.6 Å². The van der Waals surface area contributed by atoms with E-state index >= 15 is 0 Å². The summed E-state index contributed by atoms with van der Waals surface area (Å²) in [5.41, 5.74) is 0.531. The van der Waals surface area contributed by atoms with Gasteiger partial charge in [-0.3, -0.25) is 4.18 Å². The first-order chi connectivity index (χ1) is 9.28. The lowest BCUT2D eigenvalue weighted by atomic mass is 10.0. The number of nitrogens with two attached hydrogens (primary N) is 1. The van der Waals surface area contributed by atoms with E-state index in [4.69, 9.17) is 37.8 Å². The summed E-state index contributed by atoms with van der Waals surface area (Å²) in [5.74, 6) is 0. The summed E-state index contributed by atoms with van der Waals surface area (Å²) in [5, 5.41) is 5.60. The monoisotopic (exact) mass is 341 g/mol. The van der Waals surface area contributed by atoms with Crippen molar-refractivity contribution < 1.29 is 22.1 Å². The highest BCUT2D eigenvalue weighted by Gasteiger charge is 2.38. The van der Waals surface area contributed by atoms with Gasteiger partial charge in [0.1, 0.15) is 12.2 Å². The van der Waals surface area contributed by atoms with Gasteiger partial charge in [-0.05, 0) is 19.1 Å². The van der Waals surface area contributed by atoms with E-state index < -0.39 is 28.8 Å². The Labute approximate surface area is 127 Å². The second-order valence-electron chi connectivity index (χ2n) is 4.21. The normalized spacial score (nSPS) is 26.9. The highest BCUT2D eigenvalue weighted by atomic mass is 35.5. The van der Waals surface area contributed by atoms with Crippen LogP contribution in [-0.2, 0) is 24.0 Å². The number of ether oxygens (including phenoxy) is 2. The molecule has 1 aliphatic rings. The van der Waals surface area contributed by atoms with E-state index in [2.05, 4.69) is 4.18 Å². The van der Waals surface area contributed by atoms with Crippen molar-refractivity contribution in [1.29, 1.82) is 0 Å². The predicted octanol–water partition coefficient (Wildman–Crippen LogP) is 2.02. The Morgan fingerprint density at radius 3 is 2.45 bits per heavy atom. The minimum Gasteiger partial charge on any atom is -0.344 e. The third-order valence-electron chi connectivity index (χ3n) is 2.72. The molecule has 2 rings (SSSR count). The van der Waals surface area contributed by atoms with Crippen molar-refractivity contribution in [1.82, 2.24) is 0 Å². The van der Waals surface area contributed by atoms with Crippen molar-refractivity contribution in [3.05, 3.63) is 33.8 Å². The van der Waals surface area contributed by atoms with Crippen LogP contribution in [0.1, 0.15) is 18.6 Å². The predicted molar refractivity (Wildman–Crippen MR) is 73.7 cm³/mol. The third-order valence-corrected chi connectivity index (χ3v) is 3.85. The Balaban J connectivity index is 2.24. The molecule has 6 nitrogen and oxygen atoms in total. The van der Waals surface area contributed by atoms with E-state index in [9.17, 15) is 8.42 Å². The number of benzene rings is 1. The lowest BCUT2D eigenvalue weighted by molar-refractivity contribution is -0.0549. The average molecular weight is 342 g/mol. The fraction of sp³-hybridized carbons (Fsp3) is 0.455. The molecular weight excluding hydrogens is 329 g/mol. The van der Waals surface area contributed by atoms with E-state index in [0.717, 1.165) is 0 Å². The molecule has 0 radical (unpaired) electrons. The summed E-state index contributed by atoms with van der Waals surface area (Å²) in [4.78, 5) is 0. The Morgan fingerprint density at radius 2 is 1.90 bits per heavy atom. The Morgan fingerprint density at radius 1 is 1.30 bits per heavy atom. The third kappa shape index (κ3) is 3.82. The Hall–Kier alpha value is -0.410. The first kappa shape index (κ1) is 16.0. The molecule has 0 aromatic heterocycles. The molecule has 0 saturated carbocycles. The zero-order valence-electron chi connectivity index (χ0n) is 10.5. The smallest absolute Gasteiger partial charge is 0.333 e. The second kappa shape index (κ2) is 6.15. The van der Waals surface area contributed by atoms with E-state index in [-0.39, 0.29) is 6.61 Å². The molecule has 112 valence electrons. The van der Waals surface area contributed by atoms with Crippen LogP contribution in [0.25, 0.3) is 0 Å². The van der Waals surface area contributed by atoms with Crippen molar-refractivity contribution in [2.24, 2.45) is 5.14 Å². The van der Waals surface area contributed by atoms with Gasteiger partial charge in [-0.2, -0.15) is 8.42 Å². The molecule has 3 atom stereocenters.